The molecule has 1 heterocycles. The number of hydrogen-bond donors (Lipinski definition) is 1. The highest BCUT2D eigenvalue weighted by molar-refractivity contribution is 9.10. The third-order valence-electron chi connectivity index (χ3n) is 3.50. The van der Waals surface area contributed by atoms with E-state index in [2.05, 4.69) is 65.3 Å². The molecule has 3 nitrogen and oxygen atoms in total. The van der Waals surface area contributed by atoms with E-state index in [1.807, 2.05) is 17.8 Å². The minimum atomic E-state index is 0.299. The van der Waals surface area contributed by atoms with E-state index in [1.165, 1.54) is 16.8 Å². The summed E-state index contributed by atoms with van der Waals surface area (Å²) in [6.07, 6.45) is 0. The van der Waals surface area contributed by atoms with Crippen molar-refractivity contribution in [3.8, 4) is 0 Å². The first kappa shape index (κ1) is 14.3. The average Bonchev–Trinajstić information content (AvgIpc) is 2.61. The quantitative estimate of drug-likeness (QED) is 0.931. The molecule has 1 unspecified atom stereocenters. The molecular weight excluding hydrogens is 302 g/mol. The van der Waals surface area contributed by atoms with Gasteiger partial charge in [-0.25, -0.2) is 0 Å². The number of aromatic nitrogens is 2. The normalized spacial score (nSPS) is 12.7. The SMILES string of the molecule is Cc1nn(C)c(C)c1C(C)NCc1cccc(Br)c1. The smallest absolute Gasteiger partial charge is 0.0644 e. The van der Waals surface area contributed by atoms with Gasteiger partial charge < -0.3 is 5.32 Å². The highest BCUT2D eigenvalue weighted by Crippen LogP contribution is 2.21. The Morgan fingerprint density at radius 3 is 2.68 bits per heavy atom. The molecule has 1 N–H and O–H groups in total. The van der Waals surface area contributed by atoms with Crippen molar-refractivity contribution in [3.05, 3.63) is 51.3 Å². The summed E-state index contributed by atoms with van der Waals surface area (Å²) in [6.45, 7) is 7.23. The molecule has 0 aliphatic rings. The first-order valence-corrected chi connectivity index (χ1v) is 7.26. The second-order valence-corrected chi connectivity index (χ2v) is 5.86. The Labute approximate surface area is 123 Å². The topological polar surface area (TPSA) is 29.9 Å². The van der Waals surface area contributed by atoms with Crippen molar-refractivity contribution in [1.29, 1.82) is 0 Å². The molecule has 4 heteroatoms. The van der Waals surface area contributed by atoms with Gasteiger partial charge >= 0.3 is 0 Å². The molecule has 0 aliphatic heterocycles. The summed E-state index contributed by atoms with van der Waals surface area (Å²) in [5.41, 5.74) is 4.92. The minimum absolute atomic E-state index is 0.299. The van der Waals surface area contributed by atoms with Crippen LogP contribution >= 0.6 is 15.9 Å². The van der Waals surface area contributed by atoms with E-state index in [0.29, 0.717) is 6.04 Å². The summed E-state index contributed by atoms with van der Waals surface area (Å²) < 4.78 is 3.07. The van der Waals surface area contributed by atoms with Crippen LogP contribution in [-0.4, -0.2) is 9.78 Å². The highest BCUT2D eigenvalue weighted by Gasteiger charge is 2.15. The lowest BCUT2D eigenvalue weighted by molar-refractivity contribution is 0.568. The van der Waals surface area contributed by atoms with Gasteiger partial charge in [0.05, 0.1) is 5.69 Å². The minimum Gasteiger partial charge on any atom is -0.306 e. The van der Waals surface area contributed by atoms with Crippen LogP contribution in [0.3, 0.4) is 0 Å². The fourth-order valence-corrected chi connectivity index (χ4v) is 2.88. The Balaban J connectivity index is 2.07. The molecule has 0 fully saturated rings. The first-order chi connectivity index (χ1) is 8.99. The van der Waals surface area contributed by atoms with Gasteiger partial charge in [-0.2, -0.15) is 5.10 Å². The van der Waals surface area contributed by atoms with Crippen molar-refractivity contribution in [2.24, 2.45) is 7.05 Å². The van der Waals surface area contributed by atoms with Gasteiger partial charge in [-0.05, 0) is 38.5 Å². The molecule has 2 rings (SSSR count). The Kier molecular flexibility index (Phi) is 4.42. The Hall–Kier alpha value is -1.13. The van der Waals surface area contributed by atoms with Crippen molar-refractivity contribution in [3.63, 3.8) is 0 Å². The van der Waals surface area contributed by atoms with E-state index < -0.39 is 0 Å². The van der Waals surface area contributed by atoms with Crippen molar-refractivity contribution in [2.75, 3.05) is 0 Å². The van der Waals surface area contributed by atoms with Crippen LogP contribution in [0, 0.1) is 13.8 Å². The zero-order valence-corrected chi connectivity index (χ0v) is 13.5. The molecule has 1 aromatic carbocycles. The Morgan fingerprint density at radius 2 is 2.11 bits per heavy atom. The van der Waals surface area contributed by atoms with Crippen LogP contribution in [0.15, 0.2) is 28.7 Å². The second-order valence-electron chi connectivity index (χ2n) is 4.94. The molecule has 1 aromatic heterocycles. The summed E-state index contributed by atoms with van der Waals surface area (Å²) in [4.78, 5) is 0. The lowest BCUT2D eigenvalue weighted by Gasteiger charge is -2.15. The molecule has 0 aliphatic carbocycles. The van der Waals surface area contributed by atoms with Crippen molar-refractivity contribution in [2.45, 2.75) is 33.4 Å². The number of hydrogen-bond acceptors (Lipinski definition) is 2. The number of aryl methyl sites for hydroxylation is 2. The van der Waals surface area contributed by atoms with Gasteiger partial charge in [0.25, 0.3) is 0 Å². The van der Waals surface area contributed by atoms with Crippen LogP contribution in [-0.2, 0) is 13.6 Å². The maximum Gasteiger partial charge on any atom is 0.0644 e. The molecule has 0 amide bonds. The summed E-state index contributed by atoms with van der Waals surface area (Å²) >= 11 is 3.50. The summed E-state index contributed by atoms with van der Waals surface area (Å²) in [5, 5.41) is 8.03. The van der Waals surface area contributed by atoms with Crippen LogP contribution in [0.25, 0.3) is 0 Å². The monoisotopic (exact) mass is 321 g/mol. The third-order valence-corrected chi connectivity index (χ3v) is 3.99. The molecule has 0 spiro atoms. The summed E-state index contributed by atoms with van der Waals surface area (Å²) in [7, 11) is 1.99. The number of nitrogens with zero attached hydrogens (tertiary/aromatic N) is 2. The van der Waals surface area contributed by atoms with Crippen LogP contribution in [0.5, 0.6) is 0 Å². The zero-order chi connectivity index (χ0) is 14.0. The third kappa shape index (κ3) is 3.25. The molecule has 0 saturated heterocycles. The number of nitrogens with one attached hydrogen (secondary N) is 1. The van der Waals surface area contributed by atoms with E-state index >= 15 is 0 Å². The van der Waals surface area contributed by atoms with E-state index in [1.54, 1.807) is 0 Å². The molecule has 19 heavy (non-hydrogen) atoms. The summed E-state index contributed by atoms with van der Waals surface area (Å²) in [6, 6.07) is 8.68. The molecule has 102 valence electrons. The largest absolute Gasteiger partial charge is 0.306 e. The summed E-state index contributed by atoms with van der Waals surface area (Å²) in [5.74, 6) is 0. The molecule has 2 aromatic rings. The van der Waals surface area contributed by atoms with E-state index in [4.69, 9.17) is 0 Å². The van der Waals surface area contributed by atoms with Gasteiger partial charge in [0.1, 0.15) is 0 Å². The van der Waals surface area contributed by atoms with Gasteiger partial charge in [0.15, 0.2) is 0 Å². The first-order valence-electron chi connectivity index (χ1n) is 6.47. The van der Waals surface area contributed by atoms with Crippen molar-refractivity contribution < 1.29 is 0 Å². The number of halogens is 1. The maximum atomic E-state index is 4.47. The van der Waals surface area contributed by atoms with Gasteiger partial charge in [0.2, 0.25) is 0 Å². The Morgan fingerprint density at radius 1 is 1.37 bits per heavy atom. The highest BCUT2D eigenvalue weighted by atomic mass is 79.9. The maximum absolute atomic E-state index is 4.47. The molecule has 1 atom stereocenters. The van der Waals surface area contributed by atoms with E-state index in [-0.39, 0.29) is 0 Å². The second kappa shape index (κ2) is 5.88. The standard InChI is InChI=1S/C15H20BrN3/c1-10(15-11(2)18-19(4)12(15)3)17-9-13-6-5-7-14(16)8-13/h5-8,10,17H,9H2,1-4H3. The molecule has 0 radical (unpaired) electrons. The molecular formula is C15H20BrN3. The predicted octanol–water partition coefficient (Wildman–Crippen LogP) is 3.65. The van der Waals surface area contributed by atoms with Crippen molar-refractivity contribution in [1.82, 2.24) is 15.1 Å². The lowest BCUT2D eigenvalue weighted by atomic mass is 10.1. The molecule has 0 bridgehead atoms. The van der Waals surface area contributed by atoms with E-state index in [0.717, 1.165) is 16.7 Å². The van der Waals surface area contributed by atoms with Gasteiger partial charge in [-0.3, -0.25) is 4.68 Å². The fraction of sp³-hybridized carbons (Fsp3) is 0.400. The predicted molar refractivity (Wildman–Crippen MR) is 82.1 cm³/mol. The fourth-order valence-electron chi connectivity index (χ4n) is 2.44. The van der Waals surface area contributed by atoms with Gasteiger partial charge in [-0.15, -0.1) is 0 Å². The lowest BCUT2D eigenvalue weighted by Crippen LogP contribution is -2.19. The number of rotatable bonds is 4. The number of benzene rings is 1. The van der Waals surface area contributed by atoms with Crippen molar-refractivity contribution >= 4 is 15.9 Å². The van der Waals surface area contributed by atoms with E-state index in [9.17, 15) is 0 Å². The average molecular weight is 322 g/mol. The van der Waals surface area contributed by atoms with Crippen LogP contribution in [0.1, 0.15) is 35.5 Å². The van der Waals surface area contributed by atoms with Gasteiger partial charge in [-0.1, -0.05) is 28.1 Å². The molecule has 0 saturated carbocycles. The van der Waals surface area contributed by atoms with Crippen LogP contribution < -0.4 is 5.32 Å². The van der Waals surface area contributed by atoms with Gasteiger partial charge in [0, 0.05) is 35.4 Å². The zero-order valence-electron chi connectivity index (χ0n) is 11.9. The Bertz CT molecular complexity index is 575. The van der Waals surface area contributed by atoms with Crippen LogP contribution in [0.4, 0.5) is 0 Å². The van der Waals surface area contributed by atoms with Crippen LogP contribution in [0.2, 0.25) is 0 Å².